The molecule has 0 unspecified atom stereocenters. The van der Waals surface area contributed by atoms with E-state index in [1.54, 1.807) is 24.4 Å². The van der Waals surface area contributed by atoms with Gasteiger partial charge in [-0.1, -0.05) is 25.1 Å². The zero-order chi connectivity index (χ0) is 23.2. The normalized spacial score (nSPS) is 14.9. The number of carbonyl (C=O) groups excluding carboxylic acids is 1. The number of nitro benzene ring substituents is 1. The van der Waals surface area contributed by atoms with Gasteiger partial charge in [-0.3, -0.25) is 19.9 Å². The van der Waals surface area contributed by atoms with Crippen LogP contribution in [0.1, 0.15) is 49.2 Å². The Kier molecular flexibility index (Phi) is 6.92. The number of pyridine rings is 1. The summed E-state index contributed by atoms with van der Waals surface area (Å²) in [5.74, 6) is 1.33. The van der Waals surface area contributed by atoms with Crippen LogP contribution in [0.2, 0.25) is 0 Å². The number of rotatable bonds is 7. The number of imidazole rings is 1. The van der Waals surface area contributed by atoms with E-state index in [-0.39, 0.29) is 11.6 Å². The van der Waals surface area contributed by atoms with E-state index in [0.717, 1.165) is 24.4 Å². The molecule has 8 nitrogen and oxygen atoms in total. The summed E-state index contributed by atoms with van der Waals surface area (Å²) in [5.41, 5.74) is 2.34. The van der Waals surface area contributed by atoms with Gasteiger partial charge in [-0.05, 0) is 43.0 Å². The number of nitro groups is 1. The summed E-state index contributed by atoms with van der Waals surface area (Å²) in [5, 5.41) is 11.0. The molecule has 4 rings (SSSR count). The summed E-state index contributed by atoms with van der Waals surface area (Å²) < 4.78 is 2.14. The van der Waals surface area contributed by atoms with E-state index in [0.29, 0.717) is 43.1 Å². The smallest absolute Gasteiger partial charge is 0.270 e. The second-order valence-corrected chi connectivity index (χ2v) is 8.18. The monoisotopic (exact) mass is 445 g/mol. The predicted molar refractivity (Wildman–Crippen MR) is 125 cm³/mol. The quantitative estimate of drug-likeness (QED) is 0.305. The van der Waals surface area contributed by atoms with Crippen LogP contribution in [-0.4, -0.2) is 43.4 Å². The summed E-state index contributed by atoms with van der Waals surface area (Å²) >= 11 is 0. The first kappa shape index (κ1) is 22.4. The van der Waals surface area contributed by atoms with Crippen molar-refractivity contribution in [3.8, 4) is 0 Å². The minimum Gasteiger partial charge on any atom is -0.339 e. The van der Waals surface area contributed by atoms with E-state index < -0.39 is 4.92 Å². The fraction of sp³-hybridized carbons (Fsp3) is 0.320. The summed E-state index contributed by atoms with van der Waals surface area (Å²) in [6.07, 6.45) is 9.63. The number of non-ortho nitro benzene ring substituents is 1. The molecule has 1 fully saturated rings. The van der Waals surface area contributed by atoms with E-state index in [1.165, 1.54) is 12.1 Å². The van der Waals surface area contributed by atoms with Crippen LogP contribution in [0.5, 0.6) is 0 Å². The maximum atomic E-state index is 13.1. The van der Waals surface area contributed by atoms with E-state index in [4.69, 9.17) is 0 Å². The van der Waals surface area contributed by atoms with Gasteiger partial charge in [0.05, 0.1) is 17.2 Å². The van der Waals surface area contributed by atoms with Crippen molar-refractivity contribution in [2.24, 2.45) is 0 Å². The van der Waals surface area contributed by atoms with Crippen molar-refractivity contribution in [2.45, 2.75) is 38.6 Å². The Morgan fingerprint density at radius 2 is 1.97 bits per heavy atom. The van der Waals surface area contributed by atoms with Gasteiger partial charge in [0.15, 0.2) is 0 Å². The van der Waals surface area contributed by atoms with E-state index in [9.17, 15) is 14.9 Å². The molecule has 1 aromatic carbocycles. The Balaban J connectivity index is 1.41. The third kappa shape index (κ3) is 5.34. The zero-order valence-electron chi connectivity index (χ0n) is 18.6. The minimum absolute atomic E-state index is 0.000663. The van der Waals surface area contributed by atoms with Crippen molar-refractivity contribution in [1.29, 1.82) is 0 Å². The first-order valence-corrected chi connectivity index (χ1v) is 11.2. The summed E-state index contributed by atoms with van der Waals surface area (Å²) in [6.45, 7) is 3.93. The van der Waals surface area contributed by atoms with Crippen molar-refractivity contribution in [3.05, 3.63) is 93.8 Å². The molecule has 170 valence electrons. The van der Waals surface area contributed by atoms with Crippen molar-refractivity contribution >= 4 is 17.7 Å². The Morgan fingerprint density at radius 3 is 2.67 bits per heavy atom. The fourth-order valence-corrected chi connectivity index (χ4v) is 4.27. The van der Waals surface area contributed by atoms with Crippen LogP contribution >= 0.6 is 0 Å². The van der Waals surface area contributed by atoms with Gasteiger partial charge in [-0.2, -0.15) is 0 Å². The highest BCUT2D eigenvalue weighted by atomic mass is 16.6. The standard InChI is InChI=1S/C25H27N5O3/c1-2-20(16-19-6-5-8-23(17-19)30(32)33)25(31)28-13-9-21(10-14-28)24-27-12-15-29(24)18-22-7-3-4-11-26-22/h3-8,11-12,15-17,21H,2,9-10,13-14,18H2,1H3. The van der Waals surface area contributed by atoms with Gasteiger partial charge in [0, 0.05) is 55.3 Å². The molecule has 1 aliphatic rings. The molecule has 0 saturated carbocycles. The van der Waals surface area contributed by atoms with Gasteiger partial charge in [0.2, 0.25) is 5.91 Å². The molecule has 8 heteroatoms. The molecule has 0 radical (unpaired) electrons. The molecule has 0 spiro atoms. The SMILES string of the molecule is CCC(=Cc1cccc([N+](=O)[O-])c1)C(=O)N1CCC(c2nccn2Cc2ccccn2)CC1. The van der Waals surface area contributed by atoms with Gasteiger partial charge >= 0.3 is 0 Å². The predicted octanol–water partition coefficient (Wildman–Crippen LogP) is 4.43. The molecule has 0 aliphatic carbocycles. The molecule has 0 N–H and O–H groups in total. The highest BCUT2D eigenvalue weighted by molar-refractivity contribution is 5.97. The summed E-state index contributed by atoms with van der Waals surface area (Å²) in [7, 11) is 0. The Labute approximate surface area is 192 Å². The van der Waals surface area contributed by atoms with Crippen molar-refractivity contribution in [3.63, 3.8) is 0 Å². The van der Waals surface area contributed by atoms with E-state index in [2.05, 4.69) is 14.5 Å². The lowest BCUT2D eigenvalue weighted by Gasteiger charge is -2.32. The van der Waals surface area contributed by atoms with E-state index >= 15 is 0 Å². The Bertz CT molecular complexity index is 1150. The average molecular weight is 446 g/mol. The number of nitrogens with zero attached hydrogens (tertiary/aromatic N) is 5. The zero-order valence-corrected chi connectivity index (χ0v) is 18.6. The molecule has 1 saturated heterocycles. The lowest BCUT2D eigenvalue weighted by atomic mass is 9.95. The summed E-state index contributed by atoms with van der Waals surface area (Å²) in [6, 6.07) is 12.3. The van der Waals surface area contributed by atoms with Crippen molar-refractivity contribution < 1.29 is 9.72 Å². The third-order valence-corrected chi connectivity index (χ3v) is 6.03. The molecule has 3 heterocycles. The molecule has 3 aromatic rings. The number of aromatic nitrogens is 3. The lowest BCUT2D eigenvalue weighted by Crippen LogP contribution is -2.39. The maximum Gasteiger partial charge on any atom is 0.270 e. The molecule has 1 amide bonds. The number of piperidine rings is 1. The van der Waals surface area contributed by atoms with Crippen LogP contribution in [0.15, 0.2) is 66.6 Å². The average Bonchev–Trinajstić information content (AvgIpc) is 3.31. The summed E-state index contributed by atoms with van der Waals surface area (Å²) in [4.78, 5) is 34.7. The molecule has 33 heavy (non-hydrogen) atoms. The second kappa shape index (κ2) is 10.2. The van der Waals surface area contributed by atoms with Crippen LogP contribution in [0.4, 0.5) is 5.69 Å². The maximum absolute atomic E-state index is 13.1. The number of likely N-dealkylation sites (tertiary alicyclic amines) is 1. The van der Waals surface area contributed by atoms with Crippen LogP contribution < -0.4 is 0 Å². The van der Waals surface area contributed by atoms with Crippen LogP contribution in [-0.2, 0) is 11.3 Å². The number of amides is 1. The first-order valence-electron chi connectivity index (χ1n) is 11.2. The Morgan fingerprint density at radius 1 is 1.15 bits per heavy atom. The van der Waals surface area contributed by atoms with Gasteiger partial charge in [0.25, 0.3) is 5.69 Å². The van der Waals surface area contributed by atoms with Crippen molar-refractivity contribution in [2.75, 3.05) is 13.1 Å². The van der Waals surface area contributed by atoms with Gasteiger partial charge in [0.1, 0.15) is 5.82 Å². The molecule has 1 aliphatic heterocycles. The molecular weight excluding hydrogens is 418 g/mol. The number of carbonyl (C=O) groups is 1. The van der Waals surface area contributed by atoms with Gasteiger partial charge in [-0.15, -0.1) is 0 Å². The van der Waals surface area contributed by atoms with Crippen LogP contribution in [0.3, 0.4) is 0 Å². The fourth-order valence-electron chi connectivity index (χ4n) is 4.27. The minimum atomic E-state index is -0.423. The molecular formula is C25H27N5O3. The largest absolute Gasteiger partial charge is 0.339 e. The topological polar surface area (TPSA) is 94.2 Å². The second-order valence-electron chi connectivity index (χ2n) is 8.18. The first-order chi connectivity index (χ1) is 16.0. The van der Waals surface area contributed by atoms with Crippen molar-refractivity contribution in [1.82, 2.24) is 19.4 Å². The number of benzene rings is 1. The third-order valence-electron chi connectivity index (χ3n) is 6.03. The Hall–Kier alpha value is -3.81. The highest BCUT2D eigenvalue weighted by Crippen LogP contribution is 2.28. The highest BCUT2D eigenvalue weighted by Gasteiger charge is 2.27. The molecule has 0 bridgehead atoms. The van der Waals surface area contributed by atoms with Crippen LogP contribution in [0.25, 0.3) is 6.08 Å². The van der Waals surface area contributed by atoms with Crippen LogP contribution in [0, 0.1) is 10.1 Å². The number of hydrogen-bond donors (Lipinski definition) is 0. The number of hydrogen-bond acceptors (Lipinski definition) is 5. The van der Waals surface area contributed by atoms with Gasteiger partial charge in [-0.25, -0.2) is 4.98 Å². The molecule has 2 aromatic heterocycles. The van der Waals surface area contributed by atoms with Gasteiger partial charge < -0.3 is 9.47 Å². The van der Waals surface area contributed by atoms with E-state index in [1.807, 2.05) is 42.4 Å². The lowest BCUT2D eigenvalue weighted by molar-refractivity contribution is -0.384. The molecule has 0 atom stereocenters.